The van der Waals surface area contributed by atoms with Crippen LogP contribution < -0.4 is 10.6 Å². The molecule has 3 nitrogen and oxygen atoms in total. The maximum Gasteiger partial charge on any atom is 0.230 e. The summed E-state index contributed by atoms with van der Waals surface area (Å²) < 4.78 is 0. The van der Waals surface area contributed by atoms with Crippen molar-refractivity contribution in [3.8, 4) is 0 Å². The van der Waals surface area contributed by atoms with Crippen LogP contribution in [-0.4, -0.2) is 11.9 Å². The first-order chi connectivity index (χ1) is 8.04. The summed E-state index contributed by atoms with van der Waals surface area (Å²) >= 11 is 0. The number of hydrogen-bond donors (Lipinski definition) is 1. The van der Waals surface area contributed by atoms with Gasteiger partial charge in [-0.05, 0) is 43.5 Å². The first kappa shape index (κ1) is 12.0. The molecule has 1 heterocycles. The second kappa shape index (κ2) is 4.40. The van der Waals surface area contributed by atoms with E-state index in [-0.39, 0.29) is 17.9 Å². The van der Waals surface area contributed by atoms with Gasteiger partial charge in [0.05, 0.1) is 0 Å². The fraction of sp³-hybridized carbons (Fsp3) is 0.500. The average molecular weight is 232 g/mol. The van der Waals surface area contributed by atoms with E-state index in [2.05, 4.69) is 6.92 Å². The lowest BCUT2D eigenvalue weighted by Gasteiger charge is -2.25. The minimum absolute atomic E-state index is 0.0842. The van der Waals surface area contributed by atoms with Crippen LogP contribution in [0.4, 0.5) is 11.4 Å². The van der Waals surface area contributed by atoms with Gasteiger partial charge in [-0.1, -0.05) is 13.8 Å². The largest absolute Gasteiger partial charge is 0.399 e. The zero-order valence-electron chi connectivity index (χ0n) is 10.7. The second-order valence-corrected chi connectivity index (χ2v) is 4.96. The Morgan fingerprint density at radius 2 is 2.29 bits per heavy atom. The van der Waals surface area contributed by atoms with Crippen LogP contribution in [0.15, 0.2) is 18.2 Å². The molecule has 1 aliphatic rings. The average Bonchev–Trinajstić information content (AvgIpc) is 2.62. The molecule has 0 saturated carbocycles. The molecule has 2 rings (SSSR count). The van der Waals surface area contributed by atoms with Crippen molar-refractivity contribution in [1.29, 1.82) is 0 Å². The van der Waals surface area contributed by atoms with Crippen LogP contribution in [0.3, 0.4) is 0 Å². The van der Waals surface area contributed by atoms with Crippen LogP contribution >= 0.6 is 0 Å². The number of rotatable bonds is 2. The first-order valence-electron chi connectivity index (χ1n) is 6.26. The number of carbonyl (C=O) groups is 1. The van der Waals surface area contributed by atoms with E-state index in [9.17, 15) is 4.79 Å². The molecule has 2 unspecified atom stereocenters. The fourth-order valence-corrected chi connectivity index (χ4v) is 2.40. The van der Waals surface area contributed by atoms with Crippen molar-refractivity contribution in [3.63, 3.8) is 0 Å². The highest BCUT2D eigenvalue weighted by molar-refractivity contribution is 5.97. The monoisotopic (exact) mass is 232 g/mol. The molecule has 0 spiro atoms. The zero-order chi connectivity index (χ0) is 12.6. The van der Waals surface area contributed by atoms with E-state index >= 15 is 0 Å². The third-order valence-corrected chi connectivity index (χ3v) is 3.59. The zero-order valence-corrected chi connectivity index (χ0v) is 10.7. The molecule has 17 heavy (non-hydrogen) atoms. The lowest BCUT2D eigenvalue weighted by molar-refractivity contribution is -0.122. The smallest absolute Gasteiger partial charge is 0.230 e. The highest BCUT2D eigenvalue weighted by atomic mass is 16.2. The molecule has 0 aromatic heterocycles. The Morgan fingerprint density at radius 1 is 1.59 bits per heavy atom. The molecule has 2 N–H and O–H groups in total. The molecule has 1 aromatic carbocycles. The van der Waals surface area contributed by atoms with Crippen LogP contribution in [0.1, 0.15) is 32.8 Å². The van der Waals surface area contributed by atoms with E-state index < -0.39 is 0 Å². The molecule has 0 saturated heterocycles. The Kier molecular flexibility index (Phi) is 3.09. The number of nitrogen functional groups attached to an aromatic ring is 1. The minimum Gasteiger partial charge on any atom is -0.399 e. The summed E-state index contributed by atoms with van der Waals surface area (Å²) in [6.07, 6.45) is 1.79. The lowest BCUT2D eigenvalue weighted by Crippen LogP contribution is -2.39. The predicted octanol–water partition coefficient (Wildman–Crippen LogP) is 2.59. The number of nitrogens with zero attached hydrogens (tertiary/aromatic N) is 1. The van der Waals surface area contributed by atoms with Crippen molar-refractivity contribution >= 4 is 17.3 Å². The van der Waals surface area contributed by atoms with Gasteiger partial charge in [0.2, 0.25) is 5.91 Å². The third-order valence-electron chi connectivity index (χ3n) is 3.59. The summed E-state index contributed by atoms with van der Waals surface area (Å²) in [7, 11) is 0. The molecular formula is C14H20N2O. The van der Waals surface area contributed by atoms with Crippen LogP contribution in [-0.2, 0) is 11.2 Å². The maximum absolute atomic E-state index is 12.3. The third kappa shape index (κ3) is 2.02. The van der Waals surface area contributed by atoms with Crippen molar-refractivity contribution in [3.05, 3.63) is 23.8 Å². The van der Waals surface area contributed by atoms with Gasteiger partial charge >= 0.3 is 0 Å². The molecular weight excluding hydrogens is 212 g/mol. The van der Waals surface area contributed by atoms with Crippen LogP contribution in [0.25, 0.3) is 0 Å². The van der Waals surface area contributed by atoms with Crippen molar-refractivity contribution in [2.45, 2.75) is 39.7 Å². The molecule has 1 aromatic rings. The van der Waals surface area contributed by atoms with E-state index in [1.165, 1.54) is 5.56 Å². The number of hydrogen-bond acceptors (Lipinski definition) is 2. The summed E-state index contributed by atoms with van der Waals surface area (Å²) in [4.78, 5) is 14.3. The van der Waals surface area contributed by atoms with Gasteiger partial charge in [0.1, 0.15) is 0 Å². The number of carbonyl (C=O) groups excluding carboxylic acids is 1. The standard InChI is InChI=1S/C14H20N2O/c1-4-9(2)14(17)16-10(3)7-11-8-12(15)5-6-13(11)16/h5-6,8-10H,4,7,15H2,1-3H3. The number of amides is 1. The second-order valence-electron chi connectivity index (χ2n) is 4.96. The molecule has 92 valence electrons. The molecule has 0 radical (unpaired) electrons. The van der Waals surface area contributed by atoms with Gasteiger partial charge < -0.3 is 10.6 Å². The molecule has 1 amide bonds. The normalized spacial score (nSPS) is 20.2. The summed E-state index contributed by atoms with van der Waals surface area (Å²) in [5, 5.41) is 0. The van der Waals surface area contributed by atoms with Gasteiger partial charge in [-0.25, -0.2) is 0 Å². The van der Waals surface area contributed by atoms with E-state index in [0.717, 1.165) is 24.2 Å². The van der Waals surface area contributed by atoms with Crippen molar-refractivity contribution in [2.75, 3.05) is 10.6 Å². The quantitative estimate of drug-likeness (QED) is 0.797. The van der Waals surface area contributed by atoms with E-state index in [4.69, 9.17) is 5.73 Å². The van der Waals surface area contributed by atoms with Crippen LogP contribution in [0, 0.1) is 5.92 Å². The topological polar surface area (TPSA) is 46.3 Å². The van der Waals surface area contributed by atoms with Gasteiger partial charge in [-0.2, -0.15) is 0 Å². The Hall–Kier alpha value is -1.51. The number of fused-ring (bicyclic) bond motifs is 1. The highest BCUT2D eigenvalue weighted by Crippen LogP contribution is 2.34. The van der Waals surface area contributed by atoms with Gasteiger partial charge in [0.15, 0.2) is 0 Å². The molecule has 1 aliphatic heterocycles. The number of nitrogens with two attached hydrogens (primary N) is 1. The molecule has 0 bridgehead atoms. The highest BCUT2D eigenvalue weighted by Gasteiger charge is 2.32. The minimum atomic E-state index is 0.0842. The lowest BCUT2D eigenvalue weighted by atomic mass is 10.1. The van der Waals surface area contributed by atoms with Crippen molar-refractivity contribution in [2.24, 2.45) is 5.92 Å². The van der Waals surface area contributed by atoms with Crippen molar-refractivity contribution in [1.82, 2.24) is 0 Å². The van der Waals surface area contributed by atoms with Gasteiger partial charge in [-0.3, -0.25) is 4.79 Å². The SMILES string of the molecule is CCC(C)C(=O)N1c2ccc(N)cc2CC1C. The summed E-state index contributed by atoms with van der Waals surface area (Å²) in [6, 6.07) is 6.06. The molecule has 0 aliphatic carbocycles. The van der Waals surface area contributed by atoms with Gasteiger partial charge in [0, 0.05) is 23.3 Å². The Bertz CT molecular complexity index is 442. The summed E-state index contributed by atoms with van der Waals surface area (Å²) in [6.45, 7) is 6.13. The number of anilines is 2. The number of benzene rings is 1. The Morgan fingerprint density at radius 3 is 2.94 bits per heavy atom. The molecule has 0 fully saturated rings. The summed E-state index contributed by atoms with van der Waals surface area (Å²) in [5.41, 5.74) is 8.78. The van der Waals surface area contributed by atoms with Gasteiger partial charge in [-0.15, -0.1) is 0 Å². The van der Waals surface area contributed by atoms with E-state index in [1.54, 1.807) is 0 Å². The van der Waals surface area contributed by atoms with Gasteiger partial charge in [0.25, 0.3) is 0 Å². The summed E-state index contributed by atoms with van der Waals surface area (Å²) in [5.74, 6) is 0.310. The Labute approximate surface area is 103 Å². The van der Waals surface area contributed by atoms with E-state index in [0.29, 0.717) is 0 Å². The molecule has 2 atom stereocenters. The predicted molar refractivity (Wildman–Crippen MR) is 71.0 cm³/mol. The van der Waals surface area contributed by atoms with Crippen LogP contribution in [0.2, 0.25) is 0 Å². The Balaban J connectivity index is 2.35. The first-order valence-corrected chi connectivity index (χ1v) is 6.26. The molecule has 3 heteroatoms. The van der Waals surface area contributed by atoms with Crippen LogP contribution in [0.5, 0.6) is 0 Å². The maximum atomic E-state index is 12.3. The van der Waals surface area contributed by atoms with Crippen molar-refractivity contribution < 1.29 is 4.79 Å². The van der Waals surface area contributed by atoms with E-state index in [1.807, 2.05) is 36.9 Å². The fourth-order valence-electron chi connectivity index (χ4n) is 2.40.